The normalized spacial score (nSPS) is 12.8. The number of carbonyl (C=O) groups is 1. The molecule has 2 heterocycles. The molecule has 8 heteroatoms. The van der Waals surface area contributed by atoms with Gasteiger partial charge in [-0.05, 0) is 45.0 Å². The number of fused-ring (bicyclic) bond motifs is 1. The van der Waals surface area contributed by atoms with E-state index in [9.17, 15) is 9.18 Å². The first-order chi connectivity index (χ1) is 12.7. The maximum Gasteiger partial charge on any atom is 0.408 e. The van der Waals surface area contributed by atoms with Gasteiger partial charge in [0.2, 0.25) is 0 Å². The lowest BCUT2D eigenvalue weighted by atomic mass is 9.98. The molecule has 0 bridgehead atoms. The molecule has 0 radical (unpaired) electrons. The van der Waals surface area contributed by atoms with Gasteiger partial charge in [-0.2, -0.15) is 0 Å². The molecule has 27 heavy (non-hydrogen) atoms. The van der Waals surface area contributed by atoms with Gasteiger partial charge in [0, 0.05) is 40.4 Å². The molecule has 0 saturated carbocycles. The van der Waals surface area contributed by atoms with Crippen LogP contribution >= 0.6 is 11.6 Å². The highest BCUT2D eigenvalue weighted by molar-refractivity contribution is 6.31. The topological polar surface area (TPSA) is 81.6 Å². The van der Waals surface area contributed by atoms with Gasteiger partial charge in [0.15, 0.2) is 0 Å². The quantitative estimate of drug-likeness (QED) is 0.697. The van der Waals surface area contributed by atoms with E-state index >= 15 is 0 Å². The molecule has 0 spiro atoms. The Hall–Kier alpha value is -2.80. The summed E-state index contributed by atoms with van der Waals surface area (Å²) in [6.45, 7) is 5.25. The number of nitrogens with zero attached hydrogens (tertiary/aromatic N) is 2. The highest BCUT2D eigenvalue weighted by Gasteiger charge is 2.27. The lowest BCUT2D eigenvalue weighted by Gasteiger charge is -2.25. The first-order valence-electron chi connectivity index (χ1n) is 8.31. The molecule has 1 amide bonds. The van der Waals surface area contributed by atoms with Crippen LogP contribution in [-0.4, -0.2) is 21.1 Å². The van der Waals surface area contributed by atoms with E-state index in [2.05, 4.69) is 10.3 Å². The number of aromatic nitrogens is 2. The number of anilines is 1. The number of hydrogen-bond acceptors (Lipinski definition) is 4. The molecule has 0 fully saturated rings. The third kappa shape index (κ3) is 4.14. The van der Waals surface area contributed by atoms with Gasteiger partial charge in [0.05, 0.1) is 6.04 Å². The summed E-state index contributed by atoms with van der Waals surface area (Å²) in [6.07, 6.45) is 4.42. The zero-order valence-electron chi connectivity index (χ0n) is 15.2. The number of nitrogens with two attached hydrogens (primary N) is 1. The summed E-state index contributed by atoms with van der Waals surface area (Å²) in [4.78, 5) is 16.8. The predicted molar refractivity (Wildman–Crippen MR) is 102 cm³/mol. The van der Waals surface area contributed by atoms with Gasteiger partial charge in [-0.25, -0.2) is 14.2 Å². The summed E-state index contributed by atoms with van der Waals surface area (Å²) in [5.74, 6) is -0.487. The van der Waals surface area contributed by atoms with Crippen LogP contribution in [0, 0.1) is 5.82 Å². The second kappa shape index (κ2) is 7.08. The Balaban J connectivity index is 2.15. The summed E-state index contributed by atoms with van der Waals surface area (Å²) in [6, 6.07) is 4.76. The molecule has 0 aliphatic carbocycles. The molecule has 1 unspecified atom stereocenters. The van der Waals surface area contributed by atoms with Crippen molar-refractivity contribution in [1.29, 1.82) is 0 Å². The third-order valence-electron chi connectivity index (χ3n) is 3.85. The fourth-order valence-electron chi connectivity index (χ4n) is 2.78. The third-order valence-corrected chi connectivity index (χ3v) is 4.20. The molecule has 1 aromatic carbocycles. The molecule has 142 valence electrons. The Bertz CT molecular complexity index is 997. The lowest BCUT2D eigenvalue weighted by Crippen LogP contribution is -2.36. The maximum absolute atomic E-state index is 13.9. The number of benzene rings is 1. The van der Waals surface area contributed by atoms with Crippen molar-refractivity contribution in [3.63, 3.8) is 0 Å². The van der Waals surface area contributed by atoms with Gasteiger partial charge in [-0.15, -0.1) is 0 Å². The summed E-state index contributed by atoms with van der Waals surface area (Å²) < 4.78 is 21.0. The van der Waals surface area contributed by atoms with Crippen molar-refractivity contribution in [2.45, 2.75) is 32.4 Å². The van der Waals surface area contributed by atoms with Crippen molar-refractivity contribution < 1.29 is 13.9 Å². The minimum absolute atomic E-state index is 0.283. The predicted octanol–water partition coefficient (Wildman–Crippen LogP) is 4.32. The number of imidazole rings is 1. The molecular formula is C19H20ClFN4O2. The summed E-state index contributed by atoms with van der Waals surface area (Å²) in [7, 11) is 0. The van der Waals surface area contributed by atoms with E-state index in [0.717, 1.165) is 0 Å². The average Bonchev–Trinajstić information content (AvgIpc) is 3.02. The Morgan fingerprint density at radius 2 is 2.07 bits per heavy atom. The van der Waals surface area contributed by atoms with E-state index < -0.39 is 23.6 Å². The molecule has 3 aromatic rings. The average molecular weight is 391 g/mol. The number of carbonyl (C=O) groups excluding carboxylic acids is 1. The molecular weight excluding hydrogens is 371 g/mol. The van der Waals surface area contributed by atoms with Crippen LogP contribution < -0.4 is 11.1 Å². The smallest absolute Gasteiger partial charge is 0.408 e. The minimum atomic E-state index is -0.853. The fraction of sp³-hybridized carbons (Fsp3) is 0.263. The zero-order valence-corrected chi connectivity index (χ0v) is 15.9. The monoisotopic (exact) mass is 390 g/mol. The van der Waals surface area contributed by atoms with Crippen LogP contribution in [0.3, 0.4) is 0 Å². The van der Waals surface area contributed by atoms with Crippen LogP contribution in [0.4, 0.5) is 14.9 Å². The molecule has 1 atom stereocenters. The minimum Gasteiger partial charge on any atom is -0.444 e. The SMILES string of the molecule is CC(C)(C)OC(=O)NC(c1cc(F)ccc1Cl)c1c(N)ccn2ccnc12. The van der Waals surface area contributed by atoms with Crippen molar-refractivity contribution in [3.8, 4) is 0 Å². The second-order valence-electron chi connectivity index (χ2n) is 7.09. The summed E-state index contributed by atoms with van der Waals surface area (Å²) in [5, 5.41) is 3.03. The van der Waals surface area contributed by atoms with E-state index in [1.165, 1.54) is 18.2 Å². The van der Waals surface area contributed by atoms with Crippen molar-refractivity contribution in [3.05, 3.63) is 64.8 Å². The first kappa shape index (κ1) is 19.0. The fourth-order valence-corrected chi connectivity index (χ4v) is 3.01. The molecule has 2 aromatic heterocycles. The van der Waals surface area contributed by atoms with E-state index in [1.807, 2.05) is 0 Å². The van der Waals surface area contributed by atoms with Crippen molar-refractivity contribution >= 4 is 29.0 Å². The van der Waals surface area contributed by atoms with Crippen LogP contribution in [0.15, 0.2) is 42.9 Å². The number of ether oxygens (including phenoxy) is 1. The van der Waals surface area contributed by atoms with Crippen molar-refractivity contribution in [1.82, 2.24) is 14.7 Å². The van der Waals surface area contributed by atoms with Gasteiger partial charge >= 0.3 is 6.09 Å². The number of rotatable bonds is 3. The van der Waals surface area contributed by atoms with E-state index in [0.29, 0.717) is 22.5 Å². The first-order valence-corrected chi connectivity index (χ1v) is 8.69. The number of nitrogens with one attached hydrogen (secondary N) is 1. The van der Waals surface area contributed by atoms with Crippen molar-refractivity contribution in [2.24, 2.45) is 0 Å². The summed E-state index contributed by atoms with van der Waals surface area (Å²) >= 11 is 6.31. The van der Waals surface area contributed by atoms with Crippen LogP contribution in [0.25, 0.3) is 5.65 Å². The number of amides is 1. The molecule has 6 nitrogen and oxygen atoms in total. The van der Waals surface area contributed by atoms with Gasteiger partial charge in [0.25, 0.3) is 0 Å². The number of nitrogen functional groups attached to an aromatic ring is 1. The van der Waals surface area contributed by atoms with Crippen LogP contribution in [-0.2, 0) is 4.74 Å². The lowest BCUT2D eigenvalue weighted by molar-refractivity contribution is 0.0512. The van der Waals surface area contributed by atoms with Crippen LogP contribution in [0.1, 0.15) is 37.9 Å². The molecule has 3 N–H and O–H groups in total. The number of alkyl carbamates (subject to hydrolysis) is 1. The van der Waals surface area contributed by atoms with Gasteiger partial charge in [0.1, 0.15) is 17.1 Å². The zero-order chi connectivity index (χ0) is 19.8. The molecule has 0 aliphatic rings. The van der Waals surface area contributed by atoms with E-state index in [-0.39, 0.29) is 5.02 Å². The van der Waals surface area contributed by atoms with E-state index in [4.69, 9.17) is 22.1 Å². The largest absolute Gasteiger partial charge is 0.444 e. The van der Waals surface area contributed by atoms with Crippen LogP contribution in [0.2, 0.25) is 5.02 Å². The van der Waals surface area contributed by atoms with Gasteiger partial charge < -0.3 is 20.2 Å². The van der Waals surface area contributed by atoms with E-state index in [1.54, 1.807) is 49.8 Å². The Labute approximate surface area is 161 Å². The highest BCUT2D eigenvalue weighted by atomic mass is 35.5. The molecule has 3 rings (SSSR count). The number of pyridine rings is 1. The van der Waals surface area contributed by atoms with Gasteiger partial charge in [-0.1, -0.05) is 11.6 Å². The Morgan fingerprint density at radius 1 is 1.33 bits per heavy atom. The Kier molecular flexibility index (Phi) is 4.97. The highest BCUT2D eigenvalue weighted by Crippen LogP contribution is 2.34. The molecule has 0 saturated heterocycles. The van der Waals surface area contributed by atoms with Crippen molar-refractivity contribution in [2.75, 3.05) is 5.73 Å². The Morgan fingerprint density at radius 3 is 2.78 bits per heavy atom. The number of halogens is 2. The second-order valence-corrected chi connectivity index (χ2v) is 7.50. The maximum atomic E-state index is 13.9. The summed E-state index contributed by atoms with van der Waals surface area (Å²) in [5.41, 5.74) is 7.25. The molecule has 0 aliphatic heterocycles. The van der Waals surface area contributed by atoms with Crippen LogP contribution in [0.5, 0.6) is 0 Å². The standard InChI is InChI=1S/C19H20ClFN4O2/c1-19(2,3)27-18(26)24-16(12-10-11(21)4-5-13(12)20)15-14(22)6-8-25-9-7-23-17(15)25/h4-10,16H,22H2,1-3H3,(H,24,26). The van der Waals surface area contributed by atoms with Gasteiger partial charge in [-0.3, -0.25) is 0 Å². The number of hydrogen-bond donors (Lipinski definition) is 2.